The Kier molecular flexibility index (Phi) is 1.65. The van der Waals surface area contributed by atoms with Gasteiger partial charge in [0.05, 0.1) is 6.26 Å². The van der Waals surface area contributed by atoms with E-state index >= 15 is 0 Å². The summed E-state index contributed by atoms with van der Waals surface area (Å²) in [6.45, 7) is 6.53. The number of aromatic nitrogens is 1. The zero-order chi connectivity index (χ0) is 9.47. The number of hydrogen-bond acceptors (Lipinski definition) is 2. The summed E-state index contributed by atoms with van der Waals surface area (Å²) < 4.78 is 5.17. The van der Waals surface area contributed by atoms with Gasteiger partial charge < -0.3 is 4.42 Å². The predicted molar refractivity (Wildman–Crippen MR) is 52.7 cm³/mol. The van der Waals surface area contributed by atoms with Crippen LogP contribution in [0, 0.1) is 0 Å². The molecule has 2 aromatic rings. The van der Waals surface area contributed by atoms with E-state index in [9.17, 15) is 0 Å². The Balaban J connectivity index is 2.61. The molecule has 2 heterocycles. The molecule has 0 saturated heterocycles. The van der Waals surface area contributed by atoms with Gasteiger partial charge in [-0.25, -0.2) is 4.98 Å². The maximum Gasteiger partial charge on any atom is 0.225 e. The van der Waals surface area contributed by atoms with Crippen molar-refractivity contribution in [2.24, 2.45) is 0 Å². The van der Waals surface area contributed by atoms with Crippen LogP contribution in [0.1, 0.15) is 26.3 Å². The fraction of sp³-hybridized carbons (Fsp3) is 0.364. The first kappa shape index (κ1) is 8.30. The molecule has 0 amide bonds. The quantitative estimate of drug-likeness (QED) is 0.614. The van der Waals surface area contributed by atoms with Gasteiger partial charge in [0.25, 0.3) is 0 Å². The first-order valence-electron chi connectivity index (χ1n) is 4.41. The van der Waals surface area contributed by atoms with Crippen molar-refractivity contribution in [2.75, 3.05) is 0 Å². The topological polar surface area (TPSA) is 26.0 Å². The summed E-state index contributed by atoms with van der Waals surface area (Å²) in [6.07, 6.45) is 3.55. The molecule has 0 bridgehead atoms. The van der Waals surface area contributed by atoms with Crippen molar-refractivity contribution in [3.63, 3.8) is 0 Å². The summed E-state index contributed by atoms with van der Waals surface area (Å²) in [7, 11) is 0. The van der Waals surface area contributed by atoms with Crippen LogP contribution in [0.15, 0.2) is 29.0 Å². The van der Waals surface area contributed by atoms with E-state index in [1.54, 1.807) is 6.26 Å². The Morgan fingerprint density at radius 3 is 2.77 bits per heavy atom. The van der Waals surface area contributed by atoms with Crippen molar-refractivity contribution in [3.05, 3.63) is 30.2 Å². The van der Waals surface area contributed by atoms with Crippen molar-refractivity contribution in [2.45, 2.75) is 26.2 Å². The highest BCUT2D eigenvalue weighted by atomic mass is 16.3. The third kappa shape index (κ3) is 1.44. The van der Waals surface area contributed by atoms with Gasteiger partial charge in [-0.15, -0.1) is 0 Å². The Bertz CT molecular complexity index is 423. The van der Waals surface area contributed by atoms with Gasteiger partial charge in [-0.1, -0.05) is 20.8 Å². The lowest BCUT2D eigenvalue weighted by Crippen LogP contribution is -2.10. The lowest BCUT2D eigenvalue weighted by molar-refractivity contribution is 0.582. The monoisotopic (exact) mass is 175 g/mol. The Morgan fingerprint density at radius 1 is 1.31 bits per heavy atom. The Labute approximate surface area is 77.6 Å². The van der Waals surface area contributed by atoms with E-state index in [-0.39, 0.29) is 5.41 Å². The van der Waals surface area contributed by atoms with Gasteiger partial charge in [0.2, 0.25) is 5.71 Å². The van der Waals surface area contributed by atoms with Crippen LogP contribution in [0.4, 0.5) is 0 Å². The number of furan rings is 1. The summed E-state index contributed by atoms with van der Waals surface area (Å²) in [5, 5.41) is 1.08. The number of nitrogens with zero attached hydrogens (tertiary/aromatic N) is 1. The van der Waals surface area contributed by atoms with Crippen LogP contribution in [0.25, 0.3) is 11.1 Å². The third-order valence-corrected chi connectivity index (χ3v) is 2.17. The molecule has 2 rings (SSSR count). The maximum atomic E-state index is 5.17. The lowest BCUT2D eigenvalue weighted by Gasteiger charge is -2.17. The fourth-order valence-electron chi connectivity index (χ4n) is 1.27. The molecule has 0 atom stereocenters. The van der Waals surface area contributed by atoms with E-state index in [1.807, 2.05) is 12.3 Å². The average Bonchev–Trinajstić information content (AvgIpc) is 2.47. The van der Waals surface area contributed by atoms with Gasteiger partial charge >= 0.3 is 0 Å². The molecule has 0 aliphatic rings. The van der Waals surface area contributed by atoms with Crippen LogP contribution in [0.2, 0.25) is 0 Å². The van der Waals surface area contributed by atoms with Gasteiger partial charge in [0.1, 0.15) is 0 Å². The molecule has 0 spiro atoms. The minimum absolute atomic E-state index is 0.151. The molecule has 0 saturated carbocycles. The molecule has 0 radical (unpaired) electrons. The van der Waals surface area contributed by atoms with E-state index in [0.29, 0.717) is 5.71 Å². The van der Waals surface area contributed by atoms with Crippen LogP contribution in [-0.2, 0) is 5.41 Å². The highest BCUT2D eigenvalue weighted by Crippen LogP contribution is 2.24. The summed E-state index contributed by atoms with van der Waals surface area (Å²) >= 11 is 0. The smallest absolute Gasteiger partial charge is 0.225 e. The number of hydrogen-bond donors (Lipinski definition) is 0. The van der Waals surface area contributed by atoms with E-state index in [4.69, 9.17) is 4.42 Å². The molecule has 0 N–H and O–H groups in total. The summed E-state index contributed by atoms with van der Waals surface area (Å²) in [5.74, 6) is 0. The molecule has 2 aromatic heterocycles. The first-order valence-corrected chi connectivity index (χ1v) is 4.41. The predicted octanol–water partition coefficient (Wildman–Crippen LogP) is 3.13. The molecule has 68 valence electrons. The lowest BCUT2D eigenvalue weighted by atomic mass is 9.88. The largest absolute Gasteiger partial charge is 0.446 e. The molecule has 2 heteroatoms. The molecule has 0 aliphatic heterocycles. The minimum atomic E-state index is 0.151. The van der Waals surface area contributed by atoms with E-state index in [0.717, 1.165) is 5.39 Å². The number of rotatable bonds is 0. The standard InChI is InChI=1S/C11H13NO/c1-11(2,3)9-6-8-4-5-13-10(8)12-7-9/h4-7H,1-3H3. The molecule has 0 aromatic carbocycles. The fourth-order valence-corrected chi connectivity index (χ4v) is 1.27. The van der Waals surface area contributed by atoms with Gasteiger partial charge in [0.15, 0.2) is 0 Å². The highest BCUT2D eigenvalue weighted by Gasteiger charge is 2.14. The summed E-state index contributed by atoms with van der Waals surface area (Å²) in [6, 6.07) is 4.07. The van der Waals surface area contributed by atoms with Gasteiger partial charge in [0, 0.05) is 11.6 Å². The maximum absolute atomic E-state index is 5.17. The second kappa shape index (κ2) is 2.59. The zero-order valence-corrected chi connectivity index (χ0v) is 8.16. The molecule has 2 nitrogen and oxygen atoms in total. The molecular weight excluding hydrogens is 162 g/mol. The molecule has 0 aliphatic carbocycles. The second-order valence-electron chi connectivity index (χ2n) is 4.29. The van der Waals surface area contributed by atoms with E-state index < -0.39 is 0 Å². The van der Waals surface area contributed by atoms with Crippen molar-refractivity contribution in [1.82, 2.24) is 4.98 Å². The zero-order valence-electron chi connectivity index (χ0n) is 8.16. The minimum Gasteiger partial charge on any atom is -0.446 e. The molecule has 0 unspecified atom stereocenters. The Morgan fingerprint density at radius 2 is 2.08 bits per heavy atom. The van der Waals surface area contributed by atoms with Gasteiger partial charge in [-0.3, -0.25) is 0 Å². The summed E-state index contributed by atoms with van der Waals surface area (Å²) in [5.41, 5.74) is 2.10. The summed E-state index contributed by atoms with van der Waals surface area (Å²) in [4.78, 5) is 4.24. The van der Waals surface area contributed by atoms with Crippen molar-refractivity contribution in [1.29, 1.82) is 0 Å². The Hall–Kier alpha value is -1.31. The number of fused-ring (bicyclic) bond motifs is 1. The van der Waals surface area contributed by atoms with Crippen LogP contribution in [0.5, 0.6) is 0 Å². The molecular formula is C11H13NO. The molecule has 13 heavy (non-hydrogen) atoms. The van der Waals surface area contributed by atoms with Gasteiger partial charge in [-0.2, -0.15) is 0 Å². The molecule has 0 fully saturated rings. The van der Waals surface area contributed by atoms with E-state index in [2.05, 4.69) is 31.8 Å². The first-order chi connectivity index (χ1) is 6.07. The van der Waals surface area contributed by atoms with Crippen LogP contribution < -0.4 is 0 Å². The van der Waals surface area contributed by atoms with Crippen molar-refractivity contribution in [3.8, 4) is 0 Å². The highest BCUT2D eigenvalue weighted by molar-refractivity contribution is 5.73. The van der Waals surface area contributed by atoms with Crippen LogP contribution in [0.3, 0.4) is 0 Å². The van der Waals surface area contributed by atoms with E-state index in [1.165, 1.54) is 5.56 Å². The van der Waals surface area contributed by atoms with Crippen molar-refractivity contribution >= 4 is 11.1 Å². The number of pyridine rings is 1. The van der Waals surface area contributed by atoms with Crippen LogP contribution >= 0.6 is 0 Å². The SMILES string of the molecule is CC(C)(C)c1cnc2occc2c1. The average molecular weight is 175 g/mol. The second-order valence-corrected chi connectivity index (χ2v) is 4.29. The van der Waals surface area contributed by atoms with Crippen LogP contribution in [-0.4, -0.2) is 4.98 Å². The normalized spacial score (nSPS) is 12.2. The van der Waals surface area contributed by atoms with Gasteiger partial charge in [-0.05, 0) is 23.1 Å². The van der Waals surface area contributed by atoms with Crippen molar-refractivity contribution < 1.29 is 4.42 Å². The third-order valence-electron chi connectivity index (χ3n) is 2.17.